The molecular weight excluding hydrogens is 350 g/mol. The van der Waals surface area contributed by atoms with Crippen LogP contribution < -0.4 is 10.2 Å². The Morgan fingerprint density at radius 2 is 1.79 bits per heavy atom. The van der Waals surface area contributed by atoms with E-state index in [9.17, 15) is 4.79 Å². The number of likely N-dealkylation sites (tertiary alicyclic amines) is 1. The third-order valence-electron chi connectivity index (χ3n) is 6.12. The number of aromatic nitrogens is 2. The van der Waals surface area contributed by atoms with Gasteiger partial charge in [0.25, 0.3) is 5.91 Å². The van der Waals surface area contributed by atoms with Gasteiger partial charge in [-0.2, -0.15) is 0 Å². The molecule has 1 aromatic carbocycles. The van der Waals surface area contributed by atoms with Crippen LogP contribution in [0.3, 0.4) is 0 Å². The van der Waals surface area contributed by atoms with E-state index in [0.29, 0.717) is 18.3 Å². The summed E-state index contributed by atoms with van der Waals surface area (Å²) in [6, 6.07) is 8.49. The second-order valence-electron chi connectivity index (χ2n) is 8.11. The van der Waals surface area contributed by atoms with E-state index < -0.39 is 0 Å². The standard InChI is InChI=1S/C22H31N5O/c1-17-9-5-8-15-27(17)21-19-11-4-3-10-18(19)20(24-25-21)22(28)23-12-16-26-13-6-2-7-14-26/h3-4,10-11,17H,2,5-9,12-16H2,1H3,(H,23,28)/t17-/m0/s1. The number of nitrogens with zero attached hydrogens (tertiary/aromatic N) is 4. The molecule has 28 heavy (non-hydrogen) atoms. The molecule has 4 rings (SSSR count). The maximum atomic E-state index is 12.8. The summed E-state index contributed by atoms with van der Waals surface area (Å²) >= 11 is 0. The molecule has 1 amide bonds. The Morgan fingerprint density at radius 1 is 1.04 bits per heavy atom. The van der Waals surface area contributed by atoms with Crippen LogP contribution in [-0.4, -0.2) is 59.8 Å². The number of hydrogen-bond donors (Lipinski definition) is 1. The number of hydrogen-bond acceptors (Lipinski definition) is 5. The minimum Gasteiger partial charge on any atom is -0.352 e. The molecule has 0 bridgehead atoms. The van der Waals surface area contributed by atoms with Crippen molar-refractivity contribution in [1.29, 1.82) is 0 Å². The largest absolute Gasteiger partial charge is 0.352 e. The van der Waals surface area contributed by atoms with E-state index in [1.165, 1.54) is 38.5 Å². The zero-order chi connectivity index (χ0) is 19.3. The van der Waals surface area contributed by atoms with Crippen molar-refractivity contribution in [3.63, 3.8) is 0 Å². The van der Waals surface area contributed by atoms with Crippen molar-refractivity contribution in [2.45, 2.75) is 51.5 Å². The lowest BCUT2D eigenvalue weighted by Gasteiger charge is -2.34. The fraction of sp³-hybridized carbons (Fsp3) is 0.591. The van der Waals surface area contributed by atoms with E-state index >= 15 is 0 Å². The van der Waals surface area contributed by atoms with Gasteiger partial charge in [0, 0.05) is 36.4 Å². The zero-order valence-corrected chi connectivity index (χ0v) is 16.9. The molecule has 2 aromatic rings. The Bertz CT molecular complexity index is 818. The lowest BCUT2D eigenvalue weighted by molar-refractivity contribution is 0.0942. The van der Waals surface area contributed by atoms with Crippen molar-refractivity contribution in [1.82, 2.24) is 20.4 Å². The lowest BCUT2D eigenvalue weighted by atomic mass is 10.0. The quantitative estimate of drug-likeness (QED) is 0.862. The van der Waals surface area contributed by atoms with Gasteiger partial charge in [-0.05, 0) is 52.1 Å². The molecule has 0 aliphatic carbocycles. The molecule has 2 aliphatic rings. The molecule has 1 atom stereocenters. The molecule has 0 unspecified atom stereocenters. The van der Waals surface area contributed by atoms with Crippen LogP contribution in [0.1, 0.15) is 55.9 Å². The summed E-state index contributed by atoms with van der Waals surface area (Å²) in [5, 5.41) is 13.8. The van der Waals surface area contributed by atoms with Gasteiger partial charge in [0.2, 0.25) is 0 Å². The summed E-state index contributed by atoms with van der Waals surface area (Å²) in [5.74, 6) is 0.784. The molecule has 3 heterocycles. The van der Waals surface area contributed by atoms with E-state index in [1.807, 2.05) is 18.2 Å². The number of nitrogens with one attached hydrogen (secondary N) is 1. The smallest absolute Gasteiger partial charge is 0.272 e. The third-order valence-corrected chi connectivity index (χ3v) is 6.12. The van der Waals surface area contributed by atoms with Crippen molar-refractivity contribution in [2.24, 2.45) is 0 Å². The Hall–Kier alpha value is -2.21. The minimum absolute atomic E-state index is 0.126. The van der Waals surface area contributed by atoms with Gasteiger partial charge in [-0.25, -0.2) is 0 Å². The number of amides is 1. The van der Waals surface area contributed by atoms with Crippen LogP contribution in [0.25, 0.3) is 10.8 Å². The SMILES string of the molecule is C[C@H]1CCCCN1c1nnc(C(=O)NCCN2CCCCC2)c2ccccc12. The molecular formula is C22H31N5O. The summed E-state index contributed by atoms with van der Waals surface area (Å²) in [4.78, 5) is 17.6. The molecule has 150 valence electrons. The Balaban J connectivity index is 1.51. The number of anilines is 1. The minimum atomic E-state index is -0.126. The highest BCUT2D eigenvalue weighted by Gasteiger charge is 2.24. The second-order valence-corrected chi connectivity index (χ2v) is 8.11. The van der Waals surface area contributed by atoms with Crippen molar-refractivity contribution in [2.75, 3.05) is 37.6 Å². The molecule has 6 nitrogen and oxygen atoms in total. The number of rotatable bonds is 5. The molecule has 1 aromatic heterocycles. The zero-order valence-electron chi connectivity index (χ0n) is 16.9. The lowest BCUT2D eigenvalue weighted by Crippen LogP contribution is -2.39. The van der Waals surface area contributed by atoms with Crippen LogP contribution in [0.2, 0.25) is 0 Å². The van der Waals surface area contributed by atoms with E-state index in [-0.39, 0.29) is 5.91 Å². The van der Waals surface area contributed by atoms with Crippen LogP contribution in [0, 0.1) is 0 Å². The fourth-order valence-electron chi connectivity index (χ4n) is 4.48. The van der Waals surface area contributed by atoms with Crippen molar-refractivity contribution in [3.8, 4) is 0 Å². The van der Waals surface area contributed by atoms with Gasteiger partial charge in [0.05, 0.1) is 0 Å². The summed E-state index contributed by atoms with van der Waals surface area (Å²) in [6.07, 6.45) is 7.47. The van der Waals surface area contributed by atoms with Gasteiger partial charge >= 0.3 is 0 Å². The first-order chi connectivity index (χ1) is 13.7. The Kier molecular flexibility index (Phi) is 6.05. The summed E-state index contributed by atoms with van der Waals surface area (Å²) < 4.78 is 0. The van der Waals surface area contributed by atoms with Gasteiger partial charge in [-0.3, -0.25) is 4.79 Å². The predicted octanol–water partition coefficient (Wildman–Crippen LogP) is 3.22. The number of piperidine rings is 2. The van der Waals surface area contributed by atoms with Gasteiger partial charge < -0.3 is 15.1 Å². The van der Waals surface area contributed by atoms with Gasteiger partial charge in [0.15, 0.2) is 11.5 Å². The average Bonchev–Trinajstić information content (AvgIpc) is 2.74. The van der Waals surface area contributed by atoms with Crippen molar-refractivity contribution >= 4 is 22.5 Å². The second kappa shape index (κ2) is 8.86. The van der Waals surface area contributed by atoms with E-state index in [1.54, 1.807) is 0 Å². The van der Waals surface area contributed by atoms with Gasteiger partial charge in [-0.1, -0.05) is 30.7 Å². The Labute approximate surface area is 167 Å². The van der Waals surface area contributed by atoms with Gasteiger partial charge in [0.1, 0.15) is 0 Å². The topological polar surface area (TPSA) is 61.4 Å². The number of carbonyl (C=O) groups is 1. The number of carbonyl (C=O) groups excluding carboxylic acids is 1. The monoisotopic (exact) mass is 381 g/mol. The van der Waals surface area contributed by atoms with E-state index in [4.69, 9.17) is 0 Å². The molecule has 0 saturated carbocycles. The number of fused-ring (bicyclic) bond motifs is 1. The van der Waals surface area contributed by atoms with Crippen molar-refractivity contribution in [3.05, 3.63) is 30.0 Å². The van der Waals surface area contributed by atoms with Gasteiger partial charge in [-0.15, -0.1) is 10.2 Å². The molecule has 2 fully saturated rings. The van der Waals surface area contributed by atoms with Crippen LogP contribution in [0.4, 0.5) is 5.82 Å². The maximum absolute atomic E-state index is 12.8. The Morgan fingerprint density at radius 3 is 2.57 bits per heavy atom. The summed E-state index contributed by atoms with van der Waals surface area (Å²) in [5.41, 5.74) is 0.433. The normalized spacial score (nSPS) is 21.0. The van der Waals surface area contributed by atoms with Crippen LogP contribution in [-0.2, 0) is 0 Å². The maximum Gasteiger partial charge on any atom is 0.272 e. The number of benzene rings is 1. The predicted molar refractivity (Wildman–Crippen MR) is 113 cm³/mol. The first-order valence-electron chi connectivity index (χ1n) is 10.8. The molecule has 1 N–H and O–H groups in total. The highest BCUT2D eigenvalue weighted by molar-refractivity contribution is 6.07. The molecule has 0 spiro atoms. The molecule has 0 radical (unpaired) electrons. The third kappa shape index (κ3) is 4.12. The average molecular weight is 382 g/mol. The molecule has 2 saturated heterocycles. The van der Waals surface area contributed by atoms with Crippen LogP contribution in [0.15, 0.2) is 24.3 Å². The highest BCUT2D eigenvalue weighted by atomic mass is 16.1. The summed E-state index contributed by atoms with van der Waals surface area (Å²) in [6.45, 7) is 7.08. The first-order valence-corrected chi connectivity index (χ1v) is 10.8. The summed E-state index contributed by atoms with van der Waals surface area (Å²) in [7, 11) is 0. The highest BCUT2D eigenvalue weighted by Crippen LogP contribution is 2.30. The molecule has 2 aliphatic heterocycles. The van der Waals surface area contributed by atoms with E-state index in [2.05, 4.69) is 38.3 Å². The first kappa shape index (κ1) is 19.1. The molecule has 6 heteroatoms. The fourth-order valence-corrected chi connectivity index (χ4v) is 4.48. The van der Waals surface area contributed by atoms with Crippen LogP contribution >= 0.6 is 0 Å². The van der Waals surface area contributed by atoms with Crippen LogP contribution in [0.5, 0.6) is 0 Å². The van der Waals surface area contributed by atoms with E-state index in [0.717, 1.165) is 42.8 Å². The van der Waals surface area contributed by atoms with Crippen molar-refractivity contribution < 1.29 is 4.79 Å².